The highest BCUT2D eigenvalue weighted by Gasteiger charge is 2.13. The number of hydrogen-bond donors (Lipinski definition) is 0. The summed E-state index contributed by atoms with van der Waals surface area (Å²) in [6.45, 7) is 0. The first-order valence-corrected chi connectivity index (χ1v) is 19.2. The fraction of sp³-hybridized carbons (Fsp3) is 0.434. The van der Waals surface area contributed by atoms with Crippen LogP contribution in [0.1, 0.15) is 141 Å². The number of carbonyl (C=O) groups excluding carboxylic acids is 2. The van der Waals surface area contributed by atoms with Crippen LogP contribution >= 0.6 is 0 Å². The van der Waals surface area contributed by atoms with E-state index in [0.717, 1.165) is 89.8 Å². The fourth-order valence-corrected chi connectivity index (χ4v) is 4.79. The van der Waals surface area contributed by atoms with Crippen molar-refractivity contribution in [3.05, 3.63) is 0 Å². The Morgan fingerprint density at radius 1 is 0.411 bits per heavy atom. The summed E-state index contributed by atoms with van der Waals surface area (Å²) < 4.78 is 5.63. The third-order valence-corrected chi connectivity index (χ3v) is 7.49. The minimum absolute atomic E-state index is 0.181. The number of carbonyl (C=O) groups is 2. The number of ether oxygens (including phenoxy) is 1. The van der Waals surface area contributed by atoms with Gasteiger partial charge in [0.15, 0.2) is 0 Å². The molecule has 0 aliphatic heterocycles. The third-order valence-electron chi connectivity index (χ3n) is 7.49. The Balaban J connectivity index is 3.80. The van der Waals surface area contributed by atoms with Gasteiger partial charge in [0.25, 0.3) is 0 Å². The first-order valence-electron chi connectivity index (χ1n) is 19.2. The molecule has 278 valence electrons. The van der Waals surface area contributed by atoms with E-state index in [0.29, 0.717) is 6.42 Å². The molecule has 0 rings (SSSR count). The van der Waals surface area contributed by atoms with Crippen LogP contribution in [0, 0.1) is 167 Å². The topological polar surface area (TPSA) is 43.4 Å². The van der Waals surface area contributed by atoms with Crippen molar-refractivity contribution >= 4 is 12.3 Å². The molecule has 0 unspecified atom stereocenters. The zero-order valence-corrected chi connectivity index (χ0v) is 32.6. The van der Waals surface area contributed by atoms with Crippen molar-refractivity contribution in [3.63, 3.8) is 0 Å². The lowest BCUT2D eigenvalue weighted by molar-refractivity contribution is -0.150. The van der Waals surface area contributed by atoms with E-state index in [1.165, 1.54) is 44.9 Å². The molecule has 0 spiro atoms. The number of unbranched alkanes of at least 4 members (excludes halogenated alkanes) is 17. The standard InChI is InChI=1S/C53H48O3/c1-3-5-7-9-11-13-15-17-19-21-23-25-27-29-31-33-35-37-39-41-43-45-47-49-53(55)56-52(50-51-54)48-46-44-42-40-38-36-34-32-30-28-26-24-22-20-18-16-14-12-10-8-6-4-2/h1-2,51-52H,29-50H2/t52-/m1/s1. The van der Waals surface area contributed by atoms with Crippen LogP contribution in [-0.2, 0) is 14.3 Å². The van der Waals surface area contributed by atoms with Crippen molar-refractivity contribution in [2.24, 2.45) is 0 Å². The molecule has 0 saturated heterocycles. The minimum atomic E-state index is -0.298. The van der Waals surface area contributed by atoms with Gasteiger partial charge in [-0.15, -0.1) is 12.8 Å². The van der Waals surface area contributed by atoms with E-state index in [1.807, 2.05) is 0 Å². The largest absolute Gasteiger partial charge is 0.462 e. The second kappa shape index (κ2) is 44.1. The summed E-state index contributed by atoms with van der Waals surface area (Å²) in [6.07, 6.45) is 32.6. The van der Waals surface area contributed by atoms with Crippen molar-refractivity contribution in [3.8, 4) is 167 Å². The van der Waals surface area contributed by atoms with E-state index >= 15 is 0 Å². The van der Waals surface area contributed by atoms with E-state index in [1.54, 1.807) is 0 Å². The maximum atomic E-state index is 12.4. The van der Waals surface area contributed by atoms with Crippen LogP contribution in [0.25, 0.3) is 0 Å². The lowest BCUT2D eigenvalue weighted by Gasteiger charge is -2.15. The molecule has 0 aromatic carbocycles. The Kier molecular flexibility index (Phi) is 38.6. The quantitative estimate of drug-likeness (QED) is 0.0438. The van der Waals surface area contributed by atoms with Crippen molar-refractivity contribution in [1.82, 2.24) is 0 Å². The Morgan fingerprint density at radius 3 is 1.07 bits per heavy atom. The summed E-state index contributed by atoms with van der Waals surface area (Å²) in [4.78, 5) is 23.5. The van der Waals surface area contributed by atoms with Gasteiger partial charge in [-0.1, -0.05) is 95.3 Å². The van der Waals surface area contributed by atoms with E-state index < -0.39 is 0 Å². The highest BCUT2D eigenvalue weighted by Crippen LogP contribution is 2.16. The molecule has 0 saturated carbocycles. The van der Waals surface area contributed by atoms with Gasteiger partial charge in [-0.3, -0.25) is 4.79 Å². The number of hydrogen-bond acceptors (Lipinski definition) is 3. The highest BCUT2D eigenvalue weighted by molar-refractivity contribution is 5.69. The Hall–Kier alpha value is -7.02. The van der Waals surface area contributed by atoms with E-state index in [2.05, 4.69) is 154 Å². The number of rotatable bonds is 24. The van der Waals surface area contributed by atoms with Gasteiger partial charge in [0, 0.05) is 25.7 Å². The van der Waals surface area contributed by atoms with Crippen LogP contribution in [-0.4, -0.2) is 18.4 Å². The smallest absolute Gasteiger partial charge is 0.306 e. The molecule has 3 heteroatoms. The lowest BCUT2D eigenvalue weighted by atomic mass is 10.0. The second-order valence-electron chi connectivity index (χ2n) is 12.0. The van der Waals surface area contributed by atoms with E-state index in [4.69, 9.17) is 17.6 Å². The molecule has 0 amide bonds. The average Bonchev–Trinajstić information content (AvgIpc) is 3.20. The zero-order chi connectivity index (χ0) is 40.5. The molecule has 0 fully saturated rings. The lowest BCUT2D eigenvalue weighted by Crippen LogP contribution is -2.18. The van der Waals surface area contributed by atoms with Gasteiger partial charge in [-0.25, -0.2) is 0 Å². The molecule has 0 aliphatic rings. The summed E-state index contributed by atoms with van der Waals surface area (Å²) in [5, 5.41) is 0. The molecule has 0 aromatic rings. The summed E-state index contributed by atoms with van der Waals surface area (Å²) in [5.74, 6) is 66.8. The predicted octanol–water partition coefficient (Wildman–Crippen LogP) is 7.99. The van der Waals surface area contributed by atoms with Crippen molar-refractivity contribution in [2.75, 3.05) is 0 Å². The highest BCUT2D eigenvalue weighted by atomic mass is 16.5. The van der Waals surface area contributed by atoms with Crippen molar-refractivity contribution in [1.29, 1.82) is 0 Å². The first-order chi connectivity index (χ1) is 27.7. The molecule has 0 heterocycles. The number of aldehydes is 1. The molecule has 3 nitrogen and oxygen atoms in total. The number of esters is 1. The normalized spacial score (nSPS) is 8.25. The molecule has 56 heavy (non-hydrogen) atoms. The summed E-state index contributed by atoms with van der Waals surface area (Å²) in [5.41, 5.74) is 0. The monoisotopic (exact) mass is 732 g/mol. The average molecular weight is 733 g/mol. The minimum Gasteiger partial charge on any atom is -0.462 e. The maximum absolute atomic E-state index is 12.4. The Morgan fingerprint density at radius 2 is 0.714 bits per heavy atom. The van der Waals surface area contributed by atoms with Crippen LogP contribution in [0.4, 0.5) is 0 Å². The number of terminal acetylenes is 2. The van der Waals surface area contributed by atoms with Gasteiger partial charge in [0.2, 0.25) is 0 Å². The SMILES string of the molecule is C#CC#CC#CC#CC#CC#CC#CCCCCCCCCCCCC(=O)O[C@@H](CC=O)CCCCCCCCCCC#CC#CC#CC#CC#CC#CC#C. The van der Waals surface area contributed by atoms with Crippen LogP contribution < -0.4 is 0 Å². The molecule has 0 radical (unpaired) electrons. The van der Waals surface area contributed by atoms with Crippen molar-refractivity contribution < 1.29 is 14.3 Å². The van der Waals surface area contributed by atoms with E-state index in [-0.39, 0.29) is 18.5 Å². The van der Waals surface area contributed by atoms with Gasteiger partial charge in [-0.05, 0) is 174 Å². The summed E-state index contributed by atoms with van der Waals surface area (Å²) in [6, 6.07) is 0. The molecular formula is C53H48O3. The fourth-order valence-electron chi connectivity index (χ4n) is 4.79. The molecule has 1 atom stereocenters. The van der Waals surface area contributed by atoms with Gasteiger partial charge in [0.05, 0.1) is 0 Å². The second-order valence-corrected chi connectivity index (χ2v) is 12.0. The molecular weight excluding hydrogens is 685 g/mol. The van der Waals surface area contributed by atoms with E-state index in [9.17, 15) is 9.59 Å². The van der Waals surface area contributed by atoms with Crippen LogP contribution in [0.2, 0.25) is 0 Å². The van der Waals surface area contributed by atoms with Crippen molar-refractivity contribution in [2.45, 2.75) is 147 Å². The van der Waals surface area contributed by atoms with Crippen LogP contribution in [0.3, 0.4) is 0 Å². The Labute approximate surface area is 339 Å². The summed E-state index contributed by atoms with van der Waals surface area (Å²) in [7, 11) is 0. The van der Waals surface area contributed by atoms with Gasteiger partial charge < -0.3 is 9.53 Å². The first kappa shape index (κ1) is 49.0. The van der Waals surface area contributed by atoms with Gasteiger partial charge in [-0.2, -0.15) is 0 Å². The Bertz CT molecular complexity index is 2080. The van der Waals surface area contributed by atoms with Crippen LogP contribution in [0.15, 0.2) is 0 Å². The third kappa shape index (κ3) is 41.4. The van der Waals surface area contributed by atoms with Gasteiger partial charge >= 0.3 is 5.97 Å². The molecule has 0 N–H and O–H groups in total. The van der Waals surface area contributed by atoms with Crippen LogP contribution in [0.5, 0.6) is 0 Å². The molecule has 0 aliphatic carbocycles. The maximum Gasteiger partial charge on any atom is 0.306 e. The summed E-state index contributed by atoms with van der Waals surface area (Å²) >= 11 is 0. The van der Waals surface area contributed by atoms with Gasteiger partial charge in [0.1, 0.15) is 12.4 Å². The molecule has 0 aromatic heterocycles. The zero-order valence-electron chi connectivity index (χ0n) is 32.6. The predicted molar refractivity (Wildman–Crippen MR) is 228 cm³/mol. The molecule has 0 bridgehead atoms.